The Morgan fingerprint density at radius 3 is 1.67 bits per heavy atom. The van der Waals surface area contributed by atoms with E-state index in [0.717, 1.165) is 21.6 Å². The minimum Gasteiger partial charge on any atom is -0.143 e. The third-order valence-electron chi connectivity index (χ3n) is 1.20. The van der Waals surface area contributed by atoms with E-state index in [9.17, 15) is 0 Å². The Morgan fingerprint density at radius 2 is 1.42 bits per heavy atom. The quantitative estimate of drug-likeness (QED) is 0.698. The molecule has 0 aromatic carbocycles. The minimum absolute atomic E-state index is 1.01. The van der Waals surface area contributed by atoms with Gasteiger partial charge < -0.3 is 0 Å². The Hall–Kier alpha value is -0.220. The van der Waals surface area contributed by atoms with Crippen LogP contribution in [0.15, 0.2) is 22.2 Å². The van der Waals surface area contributed by atoms with Gasteiger partial charge in [-0.3, -0.25) is 0 Å². The van der Waals surface area contributed by atoms with Crippen molar-refractivity contribution >= 4 is 23.5 Å². The molecule has 0 amide bonds. The SMILES string of the molecule is CCSc1ccc(SCC)nn1. The Labute approximate surface area is 81.5 Å². The first-order valence-corrected chi connectivity index (χ1v) is 5.93. The average molecular weight is 200 g/mol. The zero-order valence-corrected chi connectivity index (χ0v) is 8.91. The summed E-state index contributed by atoms with van der Waals surface area (Å²) in [6.45, 7) is 4.22. The molecule has 1 heterocycles. The van der Waals surface area contributed by atoms with Crippen LogP contribution in [0.3, 0.4) is 0 Å². The van der Waals surface area contributed by atoms with Gasteiger partial charge in [0.05, 0.1) is 0 Å². The van der Waals surface area contributed by atoms with Crippen molar-refractivity contribution in [3.63, 3.8) is 0 Å². The van der Waals surface area contributed by atoms with Crippen molar-refractivity contribution in [2.24, 2.45) is 0 Å². The van der Waals surface area contributed by atoms with Crippen molar-refractivity contribution in [3.8, 4) is 0 Å². The molecule has 0 unspecified atom stereocenters. The van der Waals surface area contributed by atoms with Crippen molar-refractivity contribution in [1.29, 1.82) is 0 Å². The van der Waals surface area contributed by atoms with E-state index in [4.69, 9.17) is 0 Å². The van der Waals surface area contributed by atoms with Gasteiger partial charge >= 0.3 is 0 Å². The molecule has 0 radical (unpaired) electrons. The van der Waals surface area contributed by atoms with E-state index in [-0.39, 0.29) is 0 Å². The molecule has 0 bridgehead atoms. The molecule has 0 saturated heterocycles. The standard InChI is InChI=1S/C8H12N2S2/c1-3-11-7-5-6-8(10-9-7)12-4-2/h5-6H,3-4H2,1-2H3. The van der Waals surface area contributed by atoms with Crippen molar-refractivity contribution in [1.82, 2.24) is 10.2 Å². The molecule has 2 nitrogen and oxygen atoms in total. The molecule has 0 aliphatic rings. The average Bonchev–Trinajstić information content (AvgIpc) is 2.09. The lowest BCUT2D eigenvalue weighted by atomic mass is 10.6. The van der Waals surface area contributed by atoms with Gasteiger partial charge in [0, 0.05) is 0 Å². The molecule has 0 aliphatic heterocycles. The van der Waals surface area contributed by atoms with Crippen LogP contribution >= 0.6 is 23.5 Å². The maximum atomic E-state index is 4.08. The molecule has 0 fully saturated rings. The van der Waals surface area contributed by atoms with E-state index in [1.54, 1.807) is 23.5 Å². The second-order valence-corrected chi connectivity index (χ2v) is 4.64. The summed E-state index contributed by atoms with van der Waals surface area (Å²) in [6.07, 6.45) is 0. The highest BCUT2D eigenvalue weighted by molar-refractivity contribution is 7.99. The first-order chi connectivity index (χ1) is 5.86. The van der Waals surface area contributed by atoms with E-state index in [1.165, 1.54) is 0 Å². The fourth-order valence-electron chi connectivity index (χ4n) is 0.758. The molecule has 1 rings (SSSR count). The zero-order valence-electron chi connectivity index (χ0n) is 7.28. The molecule has 0 N–H and O–H groups in total. The molecule has 0 atom stereocenters. The molecule has 1 aromatic heterocycles. The highest BCUT2D eigenvalue weighted by atomic mass is 32.2. The van der Waals surface area contributed by atoms with E-state index in [2.05, 4.69) is 24.0 Å². The summed E-state index contributed by atoms with van der Waals surface area (Å²) in [7, 11) is 0. The molecule has 66 valence electrons. The van der Waals surface area contributed by atoms with Crippen LogP contribution in [0, 0.1) is 0 Å². The maximum Gasteiger partial charge on any atom is 0.119 e. The smallest absolute Gasteiger partial charge is 0.119 e. The van der Waals surface area contributed by atoms with Crippen LogP contribution in [0.2, 0.25) is 0 Å². The largest absolute Gasteiger partial charge is 0.143 e. The van der Waals surface area contributed by atoms with Crippen LogP contribution < -0.4 is 0 Å². The molecule has 0 saturated carbocycles. The van der Waals surface area contributed by atoms with E-state index in [1.807, 2.05) is 12.1 Å². The summed E-state index contributed by atoms with van der Waals surface area (Å²) in [4.78, 5) is 0. The van der Waals surface area contributed by atoms with Gasteiger partial charge in [0.2, 0.25) is 0 Å². The normalized spacial score (nSPS) is 10.2. The molecule has 1 aromatic rings. The summed E-state index contributed by atoms with van der Waals surface area (Å²) in [5.41, 5.74) is 0. The van der Waals surface area contributed by atoms with Crippen molar-refractivity contribution in [3.05, 3.63) is 12.1 Å². The molecule has 12 heavy (non-hydrogen) atoms. The summed E-state index contributed by atoms with van der Waals surface area (Å²) in [5, 5.41) is 10.2. The fraction of sp³-hybridized carbons (Fsp3) is 0.500. The van der Waals surface area contributed by atoms with Crippen LogP contribution in [-0.4, -0.2) is 21.7 Å². The molecule has 4 heteroatoms. The predicted molar refractivity (Wildman–Crippen MR) is 54.8 cm³/mol. The van der Waals surface area contributed by atoms with Crippen LogP contribution in [0.25, 0.3) is 0 Å². The van der Waals surface area contributed by atoms with Crippen molar-refractivity contribution in [2.45, 2.75) is 23.9 Å². The minimum atomic E-state index is 1.01. The lowest BCUT2D eigenvalue weighted by Gasteiger charge is -1.97. The Morgan fingerprint density at radius 1 is 1.00 bits per heavy atom. The van der Waals surface area contributed by atoms with E-state index < -0.39 is 0 Å². The number of aromatic nitrogens is 2. The van der Waals surface area contributed by atoms with Crippen molar-refractivity contribution in [2.75, 3.05) is 11.5 Å². The lowest BCUT2D eigenvalue weighted by molar-refractivity contribution is 0.855. The van der Waals surface area contributed by atoms with Gasteiger partial charge in [0.15, 0.2) is 0 Å². The zero-order chi connectivity index (χ0) is 8.81. The van der Waals surface area contributed by atoms with Gasteiger partial charge in [0.1, 0.15) is 10.1 Å². The van der Waals surface area contributed by atoms with E-state index >= 15 is 0 Å². The predicted octanol–water partition coefficient (Wildman–Crippen LogP) is 2.70. The number of hydrogen-bond donors (Lipinski definition) is 0. The number of nitrogens with zero attached hydrogens (tertiary/aromatic N) is 2. The highest BCUT2D eigenvalue weighted by Crippen LogP contribution is 2.17. The van der Waals surface area contributed by atoms with Crippen LogP contribution in [-0.2, 0) is 0 Å². The summed E-state index contributed by atoms with van der Waals surface area (Å²) in [6, 6.07) is 4.05. The Bertz CT molecular complexity index is 198. The number of thioether (sulfide) groups is 2. The summed E-state index contributed by atoms with van der Waals surface area (Å²) < 4.78 is 0. The molecular weight excluding hydrogens is 188 g/mol. The third-order valence-corrected chi connectivity index (χ3v) is 2.80. The van der Waals surface area contributed by atoms with Gasteiger partial charge in [-0.1, -0.05) is 13.8 Å². The van der Waals surface area contributed by atoms with Gasteiger partial charge in [-0.25, -0.2) is 0 Å². The highest BCUT2D eigenvalue weighted by Gasteiger charge is 1.96. The maximum absolute atomic E-state index is 4.08. The second-order valence-electron chi connectivity index (χ2n) is 2.08. The van der Waals surface area contributed by atoms with Crippen molar-refractivity contribution < 1.29 is 0 Å². The molecular formula is C8H12N2S2. The molecule has 0 spiro atoms. The van der Waals surface area contributed by atoms with Gasteiger partial charge in [-0.15, -0.1) is 33.7 Å². The van der Waals surface area contributed by atoms with Gasteiger partial charge in [-0.05, 0) is 23.6 Å². The van der Waals surface area contributed by atoms with Crippen LogP contribution in [0.4, 0.5) is 0 Å². The first-order valence-electron chi connectivity index (χ1n) is 3.96. The summed E-state index contributed by atoms with van der Waals surface area (Å²) in [5.74, 6) is 2.10. The fourth-order valence-corrected chi connectivity index (χ4v) is 1.87. The van der Waals surface area contributed by atoms with Crippen LogP contribution in [0.5, 0.6) is 0 Å². The third kappa shape index (κ3) is 3.03. The van der Waals surface area contributed by atoms with E-state index in [0.29, 0.717) is 0 Å². The molecule has 0 aliphatic carbocycles. The lowest BCUT2D eigenvalue weighted by Crippen LogP contribution is -1.87. The Balaban J connectivity index is 2.58. The second kappa shape index (κ2) is 5.43. The van der Waals surface area contributed by atoms with Gasteiger partial charge in [-0.2, -0.15) is 0 Å². The monoisotopic (exact) mass is 200 g/mol. The number of hydrogen-bond acceptors (Lipinski definition) is 4. The summed E-state index contributed by atoms with van der Waals surface area (Å²) >= 11 is 3.44. The number of rotatable bonds is 4. The van der Waals surface area contributed by atoms with Crippen LogP contribution in [0.1, 0.15) is 13.8 Å². The first kappa shape index (κ1) is 9.86. The topological polar surface area (TPSA) is 25.8 Å². The Kier molecular flexibility index (Phi) is 4.46. The van der Waals surface area contributed by atoms with Gasteiger partial charge in [0.25, 0.3) is 0 Å².